The van der Waals surface area contributed by atoms with Crippen LogP contribution in [0.3, 0.4) is 0 Å². The van der Waals surface area contributed by atoms with Gasteiger partial charge in [-0.3, -0.25) is 4.79 Å². The molecular formula is C23H25ClN6O2. The Labute approximate surface area is 191 Å². The third-order valence-corrected chi connectivity index (χ3v) is 6.68. The predicted octanol–water partition coefficient (Wildman–Crippen LogP) is 3.66. The molecule has 5 rings (SSSR count). The molecule has 2 unspecified atom stereocenters. The van der Waals surface area contributed by atoms with E-state index in [1.165, 1.54) is 0 Å². The van der Waals surface area contributed by atoms with Crippen LogP contribution in [0.5, 0.6) is 0 Å². The van der Waals surface area contributed by atoms with Gasteiger partial charge < -0.3 is 14.2 Å². The molecule has 1 aliphatic carbocycles. The maximum atomic E-state index is 13.7. The number of fused-ring (bicyclic) bond motifs is 1. The number of anilines is 1. The Morgan fingerprint density at radius 2 is 2.00 bits per heavy atom. The van der Waals surface area contributed by atoms with Gasteiger partial charge in [0.1, 0.15) is 11.1 Å². The quantitative estimate of drug-likeness (QED) is 0.603. The lowest BCUT2D eigenvalue weighted by Gasteiger charge is -2.38. The van der Waals surface area contributed by atoms with E-state index >= 15 is 0 Å². The summed E-state index contributed by atoms with van der Waals surface area (Å²) >= 11 is 6.09. The number of rotatable bonds is 3. The molecule has 1 amide bonds. The van der Waals surface area contributed by atoms with E-state index in [4.69, 9.17) is 16.0 Å². The first-order valence-electron chi connectivity index (χ1n) is 10.8. The van der Waals surface area contributed by atoms with Crippen LogP contribution in [0.15, 0.2) is 59.3 Å². The van der Waals surface area contributed by atoms with Gasteiger partial charge >= 0.3 is 0 Å². The highest BCUT2D eigenvalue weighted by Crippen LogP contribution is 2.33. The number of halogens is 1. The monoisotopic (exact) mass is 452 g/mol. The maximum absolute atomic E-state index is 13.7. The largest absolute Gasteiger partial charge is 0.423 e. The van der Waals surface area contributed by atoms with Crippen LogP contribution < -0.4 is 4.90 Å². The first-order valence-corrected chi connectivity index (χ1v) is 11.2. The fourth-order valence-electron chi connectivity index (χ4n) is 4.49. The van der Waals surface area contributed by atoms with E-state index in [0.717, 1.165) is 18.5 Å². The molecule has 1 aliphatic heterocycles. The van der Waals surface area contributed by atoms with Crippen molar-refractivity contribution in [2.45, 2.75) is 31.8 Å². The van der Waals surface area contributed by atoms with Crippen LogP contribution in [0.4, 0.5) is 6.01 Å². The number of benzene rings is 1. The smallest absolute Gasteiger partial charge is 0.298 e. The van der Waals surface area contributed by atoms with Crippen molar-refractivity contribution in [3.05, 3.63) is 59.9 Å². The van der Waals surface area contributed by atoms with E-state index in [9.17, 15) is 4.79 Å². The lowest BCUT2D eigenvalue weighted by atomic mass is 9.81. The van der Waals surface area contributed by atoms with Gasteiger partial charge in [-0.1, -0.05) is 35.9 Å². The van der Waals surface area contributed by atoms with E-state index in [-0.39, 0.29) is 17.9 Å². The minimum absolute atomic E-state index is 0.0732. The highest BCUT2D eigenvalue weighted by atomic mass is 35.5. The number of carbonyl (C=O) groups excluding carboxylic acids is 1. The predicted molar refractivity (Wildman–Crippen MR) is 122 cm³/mol. The zero-order valence-corrected chi connectivity index (χ0v) is 18.8. The Hall–Kier alpha value is -3.13. The van der Waals surface area contributed by atoms with Crippen molar-refractivity contribution in [1.82, 2.24) is 24.9 Å². The zero-order chi connectivity index (χ0) is 22.3. The van der Waals surface area contributed by atoms with E-state index < -0.39 is 5.54 Å². The molecule has 0 radical (unpaired) electrons. The molecule has 2 aromatic heterocycles. The van der Waals surface area contributed by atoms with E-state index in [2.05, 4.69) is 27.0 Å². The van der Waals surface area contributed by atoms with Crippen LogP contribution in [0.1, 0.15) is 20.3 Å². The van der Waals surface area contributed by atoms with Crippen molar-refractivity contribution in [3.63, 3.8) is 0 Å². The number of aromatic nitrogens is 4. The number of nitrogens with zero attached hydrogens (tertiary/aromatic N) is 6. The van der Waals surface area contributed by atoms with Gasteiger partial charge in [-0.25, -0.2) is 0 Å². The van der Waals surface area contributed by atoms with E-state index in [1.807, 2.05) is 42.2 Å². The molecule has 0 spiro atoms. The summed E-state index contributed by atoms with van der Waals surface area (Å²) < 4.78 is 5.96. The lowest BCUT2D eigenvalue weighted by Crippen LogP contribution is -2.51. The van der Waals surface area contributed by atoms with Crippen LogP contribution in [0.25, 0.3) is 11.1 Å². The zero-order valence-electron chi connectivity index (χ0n) is 18.1. The molecular weight excluding hydrogens is 428 g/mol. The number of allylic oxidation sites excluding steroid dienone is 3. The summed E-state index contributed by atoms with van der Waals surface area (Å²) in [7, 11) is 0. The molecule has 166 valence electrons. The topological polar surface area (TPSA) is 80.3 Å². The average Bonchev–Trinajstić information content (AvgIpc) is 3.42. The molecule has 0 bridgehead atoms. The minimum atomic E-state index is -0.652. The number of oxazole rings is 1. The molecule has 2 aliphatic rings. The van der Waals surface area contributed by atoms with Gasteiger partial charge in [0.05, 0.1) is 18.3 Å². The summed E-state index contributed by atoms with van der Waals surface area (Å²) in [6.45, 7) is 6.06. The highest BCUT2D eigenvalue weighted by Gasteiger charge is 2.43. The number of hydrogen-bond acceptors (Lipinski definition) is 6. The fraction of sp³-hybridized carbons (Fsp3) is 0.391. The molecule has 3 atom stereocenters. The summed E-state index contributed by atoms with van der Waals surface area (Å²) in [5.41, 5.74) is 0.788. The van der Waals surface area contributed by atoms with Crippen molar-refractivity contribution in [2.75, 3.05) is 24.5 Å². The fourth-order valence-corrected chi connectivity index (χ4v) is 4.66. The molecule has 3 heterocycles. The second-order valence-electron chi connectivity index (χ2n) is 8.53. The number of amides is 1. The van der Waals surface area contributed by atoms with Crippen LogP contribution in [0, 0.1) is 5.92 Å². The summed E-state index contributed by atoms with van der Waals surface area (Å²) in [6, 6.07) is 6.07. The van der Waals surface area contributed by atoms with Crippen molar-refractivity contribution >= 4 is 34.6 Å². The van der Waals surface area contributed by atoms with Crippen LogP contribution in [0.2, 0.25) is 5.02 Å². The molecule has 8 nitrogen and oxygen atoms in total. The second kappa shape index (κ2) is 8.09. The normalized spacial score (nSPS) is 26.0. The maximum Gasteiger partial charge on any atom is 0.298 e. The van der Waals surface area contributed by atoms with Crippen molar-refractivity contribution in [3.8, 4) is 0 Å². The number of hydrogen-bond donors (Lipinski definition) is 0. The van der Waals surface area contributed by atoms with Gasteiger partial charge in [0, 0.05) is 30.7 Å². The Bertz CT molecular complexity index is 1190. The van der Waals surface area contributed by atoms with Crippen LogP contribution in [-0.2, 0) is 10.3 Å². The molecule has 1 saturated heterocycles. The Kier molecular flexibility index (Phi) is 5.25. The molecule has 1 fully saturated rings. The van der Waals surface area contributed by atoms with Gasteiger partial charge in [0.2, 0.25) is 5.91 Å². The van der Waals surface area contributed by atoms with Gasteiger partial charge in [-0.05, 0) is 38.5 Å². The molecule has 32 heavy (non-hydrogen) atoms. The highest BCUT2D eigenvalue weighted by molar-refractivity contribution is 6.31. The molecule has 0 saturated carbocycles. The summed E-state index contributed by atoms with van der Waals surface area (Å²) in [5.74, 6) is -0.315. The SMILES string of the molecule is C[C@@H]1CCN(c2nc3cc(Cl)ccc3o2)CCN1C(=O)C1C=CC=CC1(C)n1nccn1. The van der Waals surface area contributed by atoms with E-state index in [1.54, 1.807) is 29.3 Å². The Balaban J connectivity index is 1.37. The summed E-state index contributed by atoms with van der Waals surface area (Å²) in [4.78, 5) is 24.0. The second-order valence-corrected chi connectivity index (χ2v) is 8.97. The summed E-state index contributed by atoms with van der Waals surface area (Å²) in [5, 5.41) is 9.26. The molecule has 0 N–H and O–H groups in total. The molecule has 1 aromatic carbocycles. The van der Waals surface area contributed by atoms with Gasteiger partial charge in [0.25, 0.3) is 6.01 Å². The first kappa shape index (κ1) is 20.8. The molecule has 9 heteroatoms. The van der Waals surface area contributed by atoms with Crippen molar-refractivity contribution < 1.29 is 9.21 Å². The lowest BCUT2D eigenvalue weighted by molar-refractivity contribution is -0.138. The van der Waals surface area contributed by atoms with E-state index in [0.29, 0.717) is 29.7 Å². The third kappa shape index (κ3) is 3.58. The van der Waals surface area contributed by atoms with Crippen LogP contribution >= 0.6 is 11.6 Å². The number of carbonyl (C=O) groups is 1. The summed E-state index contributed by atoms with van der Waals surface area (Å²) in [6.07, 6.45) is 11.9. The van der Waals surface area contributed by atoms with Gasteiger partial charge in [-0.2, -0.15) is 20.0 Å². The minimum Gasteiger partial charge on any atom is -0.423 e. The van der Waals surface area contributed by atoms with Gasteiger partial charge in [-0.15, -0.1) is 0 Å². The average molecular weight is 453 g/mol. The third-order valence-electron chi connectivity index (χ3n) is 6.45. The van der Waals surface area contributed by atoms with Crippen molar-refractivity contribution in [1.29, 1.82) is 0 Å². The standard InChI is InChI=1S/C23H25ClN6O2/c1-16-8-12-28(22-27-19-15-17(24)6-7-20(19)32-22)13-14-29(16)21(31)18-5-3-4-9-23(18,2)30-25-10-11-26-30/h3-7,9-11,15-16,18H,8,12-14H2,1-2H3/t16-,18?,23?/m1/s1. The van der Waals surface area contributed by atoms with Crippen LogP contribution in [-0.4, -0.2) is 56.5 Å². The molecule has 3 aromatic rings. The Morgan fingerprint density at radius 3 is 2.81 bits per heavy atom. The van der Waals surface area contributed by atoms with Gasteiger partial charge in [0.15, 0.2) is 5.58 Å². The van der Waals surface area contributed by atoms with Crippen molar-refractivity contribution in [2.24, 2.45) is 5.92 Å². The first-order chi connectivity index (χ1) is 15.5. The Morgan fingerprint density at radius 1 is 1.19 bits per heavy atom.